The summed E-state index contributed by atoms with van der Waals surface area (Å²) in [4.78, 5) is 25.5. The summed E-state index contributed by atoms with van der Waals surface area (Å²) < 4.78 is 23.4. The fourth-order valence-electron chi connectivity index (χ4n) is 10.0. The second-order valence-corrected chi connectivity index (χ2v) is 25.6. The SMILES string of the molecule is CCCCCCCCCC/C=C\CCCCCCCCCCCCCCCCCCCCCCCCCCCC(=O)NC(COP(=O)([O-])OCC[N+](C)(C)C)C(O)/C=C/CC/C=C/CC/C=C/CCCCCCCCCC. The monoisotopic (exact) mass is 1100 g/mol. The Morgan fingerprint density at radius 1 is 0.442 bits per heavy atom. The van der Waals surface area contributed by atoms with E-state index in [-0.39, 0.29) is 12.5 Å². The minimum absolute atomic E-state index is 0.00805. The highest BCUT2D eigenvalue weighted by Gasteiger charge is 2.23. The molecule has 9 heteroatoms. The van der Waals surface area contributed by atoms with Gasteiger partial charge in [-0.15, -0.1) is 0 Å². The standard InChI is InChI=1S/C68H131N2O6P/c1-6-8-10-12-14-16-18-20-22-24-26-27-28-29-30-31-32-33-34-35-36-37-38-39-40-41-42-43-44-46-48-50-52-54-56-58-60-62-68(72)69-66(65-76-77(73,74)75-64-63-70(3,4)5)67(71)61-59-57-55-53-51-49-47-45-25-23-21-19-17-15-13-11-9-7-2/h24-26,45,51,53,59,61,66-67,71H,6-23,27-44,46-50,52,54-58,60,62-65H2,1-5H3,(H-,69,72,73,74)/b26-24-,45-25+,53-51+,61-59+. The van der Waals surface area contributed by atoms with Crippen molar-refractivity contribution in [3.8, 4) is 0 Å². The summed E-state index contributed by atoms with van der Waals surface area (Å²) in [5.74, 6) is -0.206. The van der Waals surface area contributed by atoms with Gasteiger partial charge in [-0.05, 0) is 70.6 Å². The molecule has 0 saturated carbocycles. The average molecular weight is 1100 g/mol. The van der Waals surface area contributed by atoms with Crippen molar-refractivity contribution in [3.05, 3.63) is 48.6 Å². The summed E-state index contributed by atoms with van der Waals surface area (Å²) in [5.41, 5.74) is 0. The van der Waals surface area contributed by atoms with Gasteiger partial charge in [0.1, 0.15) is 13.2 Å². The fraction of sp³-hybridized carbons (Fsp3) is 0.868. The first-order chi connectivity index (χ1) is 37.5. The number of rotatable bonds is 62. The van der Waals surface area contributed by atoms with E-state index in [9.17, 15) is 19.4 Å². The lowest BCUT2D eigenvalue weighted by atomic mass is 10.0. The summed E-state index contributed by atoms with van der Waals surface area (Å²) >= 11 is 0. The second kappa shape index (κ2) is 59.1. The Balaban J connectivity index is 3.98. The van der Waals surface area contributed by atoms with E-state index < -0.39 is 26.6 Å². The van der Waals surface area contributed by atoms with Crippen LogP contribution in [0.1, 0.15) is 328 Å². The van der Waals surface area contributed by atoms with Gasteiger partial charge in [0, 0.05) is 6.42 Å². The Kier molecular flexibility index (Phi) is 57.9. The third-order valence-corrected chi connectivity index (χ3v) is 16.2. The maximum atomic E-state index is 13.0. The summed E-state index contributed by atoms with van der Waals surface area (Å²) in [7, 11) is 1.25. The number of allylic oxidation sites excluding steroid dienone is 7. The van der Waals surface area contributed by atoms with Gasteiger partial charge in [-0.1, -0.05) is 300 Å². The largest absolute Gasteiger partial charge is 0.756 e. The van der Waals surface area contributed by atoms with Crippen LogP contribution in [0.5, 0.6) is 0 Å². The Morgan fingerprint density at radius 3 is 1.05 bits per heavy atom. The lowest BCUT2D eigenvalue weighted by Gasteiger charge is -2.29. The molecule has 77 heavy (non-hydrogen) atoms. The Bertz CT molecular complexity index is 1390. The molecule has 3 atom stereocenters. The number of likely N-dealkylation sites (N-methyl/N-ethyl adjacent to an activating group) is 1. The van der Waals surface area contributed by atoms with Crippen LogP contribution in [0, 0.1) is 0 Å². The zero-order chi connectivity index (χ0) is 56.3. The minimum Gasteiger partial charge on any atom is -0.756 e. The molecule has 2 N–H and O–H groups in total. The first-order valence-electron chi connectivity index (χ1n) is 33.5. The van der Waals surface area contributed by atoms with Crippen LogP contribution in [0.3, 0.4) is 0 Å². The van der Waals surface area contributed by atoms with Gasteiger partial charge in [-0.2, -0.15) is 0 Å². The van der Waals surface area contributed by atoms with Gasteiger partial charge >= 0.3 is 0 Å². The summed E-state index contributed by atoms with van der Waals surface area (Å²) in [6, 6.07) is -0.909. The number of hydrogen-bond acceptors (Lipinski definition) is 6. The fourth-order valence-corrected chi connectivity index (χ4v) is 10.7. The number of carbonyl (C=O) groups is 1. The van der Waals surface area contributed by atoms with Crippen molar-refractivity contribution in [3.63, 3.8) is 0 Å². The first kappa shape index (κ1) is 75.5. The molecule has 0 aromatic carbocycles. The third kappa shape index (κ3) is 61.9. The van der Waals surface area contributed by atoms with Crippen molar-refractivity contribution in [1.82, 2.24) is 5.32 Å². The average Bonchev–Trinajstić information content (AvgIpc) is 3.39. The van der Waals surface area contributed by atoms with E-state index in [0.29, 0.717) is 17.4 Å². The molecular formula is C68H131N2O6P. The van der Waals surface area contributed by atoms with Gasteiger partial charge in [0.25, 0.3) is 7.82 Å². The molecule has 0 rings (SSSR count). The molecule has 8 nitrogen and oxygen atoms in total. The topological polar surface area (TPSA) is 108 Å². The predicted molar refractivity (Wildman–Crippen MR) is 334 cm³/mol. The van der Waals surface area contributed by atoms with Gasteiger partial charge in [-0.25, -0.2) is 0 Å². The summed E-state index contributed by atoms with van der Waals surface area (Å²) in [6.45, 7) is 4.65. The minimum atomic E-state index is -4.61. The zero-order valence-corrected chi connectivity index (χ0v) is 52.8. The van der Waals surface area contributed by atoms with Crippen LogP contribution in [0.4, 0.5) is 0 Å². The predicted octanol–water partition coefficient (Wildman–Crippen LogP) is 20.4. The van der Waals surface area contributed by atoms with Crippen LogP contribution in [0.25, 0.3) is 0 Å². The number of nitrogens with one attached hydrogen (secondary N) is 1. The number of phosphoric acid groups is 1. The molecule has 0 fully saturated rings. The smallest absolute Gasteiger partial charge is 0.268 e. The van der Waals surface area contributed by atoms with E-state index in [4.69, 9.17) is 9.05 Å². The summed E-state index contributed by atoms with van der Waals surface area (Å²) in [6.07, 6.45) is 79.6. The number of phosphoric ester groups is 1. The molecule has 0 aliphatic carbocycles. The number of quaternary nitrogens is 1. The van der Waals surface area contributed by atoms with Crippen LogP contribution in [-0.4, -0.2) is 68.5 Å². The van der Waals surface area contributed by atoms with Gasteiger partial charge in [0.15, 0.2) is 0 Å². The number of carbonyl (C=O) groups excluding carboxylic acids is 1. The summed E-state index contributed by atoms with van der Waals surface area (Å²) in [5, 5.41) is 13.9. The van der Waals surface area contributed by atoms with Crippen LogP contribution in [-0.2, 0) is 18.4 Å². The van der Waals surface area contributed by atoms with Crippen LogP contribution in [0.2, 0.25) is 0 Å². The van der Waals surface area contributed by atoms with Gasteiger partial charge < -0.3 is 28.8 Å². The maximum absolute atomic E-state index is 13.0. The zero-order valence-electron chi connectivity index (χ0n) is 51.9. The molecule has 0 aromatic heterocycles. The maximum Gasteiger partial charge on any atom is 0.268 e. The van der Waals surface area contributed by atoms with E-state index in [2.05, 4.69) is 55.6 Å². The van der Waals surface area contributed by atoms with Crippen molar-refractivity contribution < 1.29 is 32.9 Å². The lowest BCUT2D eigenvalue weighted by Crippen LogP contribution is -2.45. The number of hydrogen-bond donors (Lipinski definition) is 2. The van der Waals surface area contributed by atoms with E-state index in [0.717, 1.165) is 44.9 Å². The molecular weight excluding hydrogens is 972 g/mol. The highest BCUT2D eigenvalue weighted by Crippen LogP contribution is 2.38. The van der Waals surface area contributed by atoms with Gasteiger partial charge in [0.2, 0.25) is 5.91 Å². The quantitative estimate of drug-likeness (QED) is 0.0272. The molecule has 0 saturated heterocycles. The number of nitrogens with zero attached hydrogens (tertiary/aromatic N) is 1. The van der Waals surface area contributed by atoms with Crippen molar-refractivity contribution in [2.45, 2.75) is 341 Å². The molecule has 0 radical (unpaired) electrons. The van der Waals surface area contributed by atoms with Crippen LogP contribution in [0.15, 0.2) is 48.6 Å². The van der Waals surface area contributed by atoms with E-state index >= 15 is 0 Å². The van der Waals surface area contributed by atoms with Crippen LogP contribution < -0.4 is 10.2 Å². The molecule has 0 bridgehead atoms. The van der Waals surface area contributed by atoms with Gasteiger partial charge in [-0.3, -0.25) is 9.36 Å². The number of unbranched alkanes of at least 4 members (excludes halogenated alkanes) is 43. The number of aliphatic hydroxyl groups excluding tert-OH is 1. The Hall–Kier alpha value is -1.54. The second-order valence-electron chi connectivity index (χ2n) is 24.2. The number of amides is 1. The van der Waals surface area contributed by atoms with Crippen LogP contribution >= 0.6 is 7.82 Å². The molecule has 0 aliphatic rings. The molecule has 454 valence electrons. The molecule has 3 unspecified atom stereocenters. The Labute approximate surface area is 479 Å². The molecule has 0 spiro atoms. The van der Waals surface area contributed by atoms with Gasteiger partial charge in [0.05, 0.1) is 39.9 Å². The number of aliphatic hydroxyl groups is 1. The van der Waals surface area contributed by atoms with Crippen molar-refractivity contribution in [2.75, 3.05) is 40.9 Å². The van der Waals surface area contributed by atoms with Crippen molar-refractivity contribution in [1.29, 1.82) is 0 Å². The molecule has 1 amide bonds. The Morgan fingerprint density at radius 2 is 0.727 bits per heavy atom. The van der Waals surface area contributed by atoms with E-state index in [1.807, 2.05) is 27.2 Å². The van der Waals surface area contributed by atoms with Crippen molar-refractivity contribution >= 4 is 13.7 Å². The third-order valence-electron chi connectivity index (χ3n) is 15.2. The first-order valence-corrected chi connectivity index (χ1v) is 35.0. The van der Waals surface area contributed by atoms with Crippen molar-refractivity contribution in [2.24, 2.45) is 0 Å². The highest BCUT2D eigenvalue weighted by molar-refractivity contribution is 7.45. The highest BCUT2D eigenvalue weighted by atomic mass is 31.2. The molecule has 0 heterocycles. The molecule has 0 aliphatic heterocycles. The molecule has 0 aromatic rings. The lowest BCUT2D eigenvalue weighted by molar-refractivity contribution is -0.870. The normalized spacial score (nSPS) is 14.0. The van der Waals surface area contributed by atoms with E-state index in [1.165, 1.54) is 263 Å². The van der Waals surface area contributed by atoms with E-state index in [1.54, 1.807) is 6.08 Å².